The van der Waals surface area contributed by atoms with E-state index in [9.17, 15) is 0 Å². The predicted octanol–water partition coefficient (Wildman–Crippen LogP) is 2.39. The van der Waals surface area contributed by atoms with Crippen molar-refractivity contribution in [3.05, 3.63) is 6.20 Å². The van der Waals surface area contributed by atoms with Gasteiger partial charge >= 0.3 is 0 Å². The lowest BCUT2D eigenvalue weighted by atomic mass is 10.3. The largest absolute Gasteiger partial charge is 0.366 e. The molecule has 1 aliphatic carbocycles. The zero-order valence-corrected chi connectivity index (χ0v) is 11.4. The summed E-state index contributed by atoms with van der Waals surface area (Å²) in [7, 11) is 0. The van der Waals surface area contributed by atoms with Gasteiger partial charge in [0.05, 0.1) is 11.6 Å². The Kier molecular flexibility index (Phi) is 3.23. The van der Waals surface area contributed by atoms with E-state index in [4.69, 9.17) is 0 Å². The second kappa shape index (κ2) is 5.03. The van der Waals surface area contributed by atoms with Gasteiger partial charge in [0.25, 0.3) is 0 Å². The number of aromatic amines is 1. The number of nitrogens with zero attached hydrogens (tertiary/aromatic N) is 3. The van der Waals surface area contributed by atoms with Crippen LogP contribution in [0.3, 0.4) is 0 Å². The molecule has 1 saturated carbocycles. The summed E-state index contributed by atoms with van der Waals surface area (Å²) in [6.45, 7) is 5.23. The van der Waals surface area contributed by atoms with Crippen molar-refractivity contribution in [3.63, 3.8) is 0 Å². The lowest BCUT2D eigenvalue weighted by molar-refractivity contribution is 0.773. The van der Waals surface area contributed by atoms with Crippen LogP contribution in [0.4, 0.5) is 11.8 Å². The van der Waals surface area contributed by atoms with Crippen LogP contribution in [-0.4, -0.2) is 32.8 Å². The normalized spacial score (nSPS) is 21.6. The molecule has 0 bridgehead atoms. The van der Waals surface area contributed by atoms with Gasteiger partial charge in [-0.1, -0.05) is 20.3 Å². The van der Waals surface area contributed by atoms with Crippen LogP contribution >= 0.6 is 0 Å². The average Bonchev–Trinajstić information content (AvgIpc) is 3.00. The monoisotopic (exact) mass is 260 g/mol. The number of hydrogen-bond donors (Lipinski definition) is 3. The predicted molar refractivity (Wildman–Crippen MR) is 76.3 cm³/mol. The highest BCUT2D eigenvalue weighted by atomic mass is 15.2. The summed E-state index contributed by atoms with van der Waals surface area (Å²) in [6, 6.07) is 0.553. The Labute approximate surface area is 112 Å². The van der Waals surface area contributed by atoms with Crippen molar-refractivity contribution < 1.29 is 0 Å². The van der Waals surface area contributed by atoms with E-state index in [1.165, 1.54) is 12.8 Å². The molecule has 102 valence electrons. The number of fused-ring (bicyclic) bond motifs is 1. The average molecular weight is 260 g/mol. The molecule has 19 heavy (non-hydrogen) atoms. The molecule has 6 nitrogen and oxygen atoms in total. The van der Waals surface area contributed by atoms with Crippen molar-refractivity contribution in [2.75, 3.05) is 17.2 Å². The van der Waals surface area contributed by atoms with E-state index in [0.29, 0.717) is 12.0 Å². The summed E-state index contributed by atoms with van der Waals surface area (Å²) in [6.07, 6.45) is 5.29. The van der Waals surface area contributed by atoms with E-state index in [-0.39, 0.29) is 0 Å². The van der Waals surface area contributed by atoms with Gasteiger partial charge in [-0.05, 0) is 18.8 Å². The Hall–Kier alpha value is -1.85. The van der Waals surface area contributed by atoms with Gasteiger partial charge in [0.15, 0.2) is 5.65 Å². The summed E-state index contributed by atoms with van der Waals surface area (Å²) in [5, 5.41) is 14.7. The van der Waals surface area contributed by atoms with E-state index in [0.717, 1.165) is 35.7 Å². The van der Waals surface area contributed by atoms with E-state index < -0.39 is 0 Å². The smallest absolute Gasteiger partial charge is 0.226 e. The van der Waals surface area contributed by atoms with Crippen LogP contribution in [0, 0.1) is 5.92 Å². The van der Waals surface area contributed by atoms with Gasteiger partial charge in [0, 0.05) is 12.6 Å². The topological polar surface area (TPSA) is 78.5 Å². The van der Waals surface area contributed by atoms with Crippen LogP contribution in [-0.2, 0) is 0 Å². The van der Waals surface area contributed by atoms with Crippen LogP contribution in [0.5, 0.6) is 0 Å². The molecule has 0 saturated heterocycles. The molecular formula is C13H20N6. The molecule has 2 heterocycles. The van der Waals surface area contributed by atoms with E-state index in [1.807, 2.05) is 0 Å². The van der Waals surface area contributed by atoms with Gasteiger partial charge in [-0.3, -0.25) is 5.10 Å². The summed E-state index contributed by atoms with van der Waals surface area (Å²) in [5.41, 5.74) is 0.782. The Bertz CT molecular complexity index is 563. The molecule has 2 unspecified atom stereocenters. The van der Waals surface area contributed by atoms with Crippen molar-refractivity contribution >= 4 is 22.8 Å². The van der Waals surface area contributed by atoms with E-state index >= 15 is 0 Å². The van der Waals surface area contributed by atoms with Crippen molar-refractivity contribution in [2.24, 2.45) is 5.92 Å². The summed E-state index contributed by atoms with van der Waals surface area (Å²) >= 11 is 0. The number of rotatable bonds is 6. The van der Waals surface area contributed by atoms with Crippen LogP contribution in [0.2, 0.25) is 0 Å². The Balaban J connectivity index is 1.85. The Morgan fingerprint density at radius 1 is 1.37 bits per heavy atom. The number of aromatic nitrogens is 4. The van der Waals surface area contributed by atoms with Crippen LogP contribution < -0.4 is 10.6 Å². The minimum Gasteiger partial charge on any atom is -0.366 e. The maximum absolute atomic E-state index is 4.57. The minimum absolute atomic E-state index is 0.553. The molecule has 0 aliphatic heterocycles. The van der Waals surface area contributed by atoms with Gasteiger partial charge in [0.2, 0.25) is 5.95 Å². The lowest BCUT2D eigenvalue weighted by Crippen LogP contribution is -2.10. The summed E-state index contributed by atoms with van der Waals surface area (Å²) in [5.74, 6) is 2.33. The fraction of sp³-hybridized carbons (Fsp3) is 0.615. The molecule has 2 aromatic rings. The highest BCUT2D eigenvalue weighted by Gasteiger charge is 2.35. The molecule has 0 aromatic carbocycles. The van der Waals surface area contributed by atoms with Gasteiger partial charge in [0.1, 0.15) is 5.82 Å². The molecule has 0 spiro atoms. The van der Waals surface area contributed by atoms with Crippen molar-refractivity contribution in [1.82, 2.24) is 20.2 Å². The van der Waals surface area contributed by atoms with Crippen LogP contribution in [0.15, 0.2) is 6.20 Å². The Morgan fingerprint density at radius 3 is 3.00 bits per heavy atom. The Morgan fingerprint density at radius 2 is 2.26 bits per heavy atom. The van der Waals surface area contributed by atoms with E-state index in [2.05, 4.69) is 44.6 Å². The highest BCUT2D eigenvalue weighted by molar-refractivity contribution is 5.87. The van der Waals surface area contributed by atoms with Gasteiger partial charge in [-0.15, -0.1) is 0 Å². The maximum Gasteiger partial charge on any atom is 0.226 e. The van der Waals surface area contributed by atoms with Gasteiger partial charge in [-0.2, -0.15) is 15.1 Å². The molecule has 2 aromatic heterocycles. The third kappa shape index (κ3) is 2.47. The van der Waals surface area contributed by atoms with Gasteiger partial charge < -0.3 is 10.6 Å². The molecular weight excluding hydrogens is 240 g/mol. The first-order valence-corrected chi connectivity index (χ1v) is 7.03. The third-order valence-corrected chi connectivity index (χ3v) is 3.61. The number of hydrogen-bond acceptors (Lipinski definition) is 5. The molecule has 0 amide bonds. The van der Waals surface area contributed by atoms with Crippen molar-refractivity contribution in [1.29, 1.82) is 0 Å². The quantitative estimate of drug-likeness (QED) is 0.743. The molecule has 3 N–H and O–H groups in total. The molecule has 2 atom stereocenters. The first-order valence-electron chi connectivity index (χ1n) is 7.03. The zero-order valence-electron chi connectivity index (χ0n) is 11.4. The van der Waals surface area contributed by atoms with E-state index in [1.54, 1.807) is 6.20 Å². The summed E-state index contributed by atoms with van der Waals surface area (Å²) < 4.78 is 0. The molecule has 1 aliphatic rings. The molecule has 0 radical (unpaired) electrons. The summed E-state index contributed by atoms with van der Waals surface area (Å²) in [4.78, 5) is 8.99. The fourth-order valence-corrected chi connectivity index (χ4v) is 2.31. The standard InChI is InChI=1S/C13H20N6/c1-3-5-14-13-17-11(16-10-6-8(10)4-2)9-7-15-19-12(9)18-13/h7-8,10H,3-6H2,1-2H3,(H3,14,15,16,17,18,19). The minimum atomic E-state index is 0.553. The molecule has 6 heteroatoms. The second-order valence-corrected chi connectivity index (χ2v) is 5.11. The fourth-order valence-electron chi connectivity index (χ4n) is 2.31. The van der Waals surface area contributed by atoms with Crippen LogP contribution in [0.1, 0.15) is 33.1 Å². The van der Waals surface area contributed by atoms with Gasteiger partial charge in [-0.25, -0.2) is 0 Å². The maximum atomic E-state index is 4.57. The molecule has 3 rings (SSSR count). The lowest BCUT2D eigenvalue weighted by Gasteiger charge is -2.09. The second-order valence-electron chi connectivity index (χ2n) is 5.11. The van der Waals surface area contributed by atoms with Crippen molar-refractivity contribution in [3.8, 4) is 0 Å². The number of H-pyrrole nitrogens is 1. The zero-order chi connectivity index (χ0) is 13.2. The van der Waals surface area contributed by atoms with Crippen LogP contribution in [0.25, 0.3) is 11.0 Å². The highest BCUT2D eigenvalue weighted by Crippen LogP contribution is 2.36. The third-order valence-electron chi connectivity index (χ3n) is 3.61. The number of anilines is 2. The SMILES string of the molecule is CCCNc1nc(NC2CC2CC)c2cn[nH]c2n1. The first kappa shape index (κ1) is 12.2. The van der Waals surface area contributed by atoms with Crippen molar-refractivity contribution in [2.45, 2.75) is 39.2 Å². The molecule has 1 fully saturated rings. The number of nitrogens with one attached hydrogen (secondary N) is 3. The first-order chi connectivity index (χ1) is 9.31.